The molecule has 0 heterocycles. The monoisotopic (exact) mass is 132 g/mol. The second-order valence-corrected chi connectivity index (χ2v) is 1.19. The van der Waals surface area contributed by atoms with E-state index in [0.717, 1.165) is 0 Å². The van der Waals surface area contributed by atoms with Crippen molar-refractivity contribution in [2.75, 3.05) is 6.61 Å². The van der Waals surface area contributed by atoms with Gasteiger partial charge in [-0.1, -0.05) is 0 Å². The Bertz CT molecular complexity index is 68.2. The molecule has 0 saturated heterocycles. The van der Waals surface area contributed by atoms with Crippen LogP contribution in [0.3, 0.4) is 0 Å². The topological polar surface area (TPSA) is 20.2 Å². The zero-order valence-corrected chi connectivity index (χ0v) is 3.74. The number of hydrogen-bond donors (Lipinski definition) is 1. The molecule has 8 heavy (non-hydrogen) atoms. The Kier molecular flexibility index (Phi) is 2.21. The lowest BCUT2D eigenvalue weighted by molar-refractivity contribution is -0.189. The zero-order chi connectivity index (χ0) is 6.78. The number of hydrogen-bond acceptors (Lipinski definition) is 1. The third-order valence-corrected chi connectivity index (χ3v) is 0.515. The minimum absolute atomic E-state index is 1.50. The third kappa shape index (κ3) is 2.11. The number of aliphatic hydroxyl groups is 1. The summed E-state index contributed by atoms with van der Waals surface area (Å²) < 4.78 is 44.0. The van der Waals surface area contributed by atoms with Gasteiger partial charge in [-0.25, -0.2) is 4.39 Å². The van der Waals surface area contributed by atoms with Crippen LogP contribution in [0.2, 0.25) is 0 Å². The lowest BCUT2D eigenvalue weighted by Gasteiger charge is -2.07. The number of alkyl halides is 4. The second kappa shape index (κ2) is 2.30. The first kappa shape index (κ1) is 7.68. The summed E-state index contributed by atoms with van der Waals surface area (Å²) in [5, 5.41) is 7.58. The van der Waals surface area contributed by atoms with Crippen LogP contribution in [0.1, 0.15) is 0 Å². The molecule has 0 aromatic carbocycles. The van der Waals surface area contributed by atoms with Crippen LogP contribution in [0.15, 0.2) is 0 Å². The predicted octanol–water partition coefficient (Wildman–Crippen LogP) is 0.879. The van der Waals surface area contributed by atoms with E-state index in [4.69, 9.17) is 5.11 Å². The lowest BCUT2D eigenvalue weighted by atomic mass is 10.4. The summed E-state index contributed by atoms with van der Waals surface area (Å²) >= 11 is 0. The minimum Gasteiger partial charge on any atom is -0.393 e. The maximum absolute atomic E-state index is 11.3. The fourth-order valence-electron chi connectivity index (χ4n) is 0.104. The van der Waals surface area contributed by atoms with Gasteiger partial charge < -0.3 is 5.11 Å². The molecule has 1 nitrogen and oxygen atoms in total. The molecule has 1 N–H and O–H groups in total. The van der Waals surface area contributed by atoms with E-state index in [1.807, 2.05) is 0 Å². The van der Waals surface area contributed by atoms with Gasteiger partial charge in [0.05, 0.1) is 6.61 Å². The summed E-state index contributed by atoms with van der Waals surface area (Å²) in [4.78, 5) is 0. The molecule has 0 unspecified atom stereocenters. The molecular formula is C3H4F4O. The number of halogens is 4. The van der Waals surface area contributed by atoms with E-state index < -0.39 is 19.0 Å². The first-order chi connectivity index (χ1) is 3.48. The summed E-state index contributed by atoms with van der Waals surface area (Å²) in [5.74, 6) is 0. The fourth-order valence-corrected chi connectivity index (χ4v) is 0.104. The van der Waals surface area contributed by atoms with E-state index in [1.54, 1.807) is 0 Å². The Morgan fingerprint density at radius 2 is 1.75 bits per heavy atom. The van der Waals surface area contributed by atoms with Crippen molar-refractivity contribution in [3.8, 4) is 0 Å². The van der Waals surface area contributed by atoms with Crippen molar-refractivity contribution >= 4 is 0 Å². The van der Waals surface area contributed by atoms with Gasteiger partial charge >= 0.3 is 6.18 Å². The SMILES string of the molecule is OC[C@H](F)C(F)(F)F. The van der Waals surface area contributed by atoms with Gasteiger partial charge in [0.25, 0.3) is 0 Å². The quantitative estimate of drug-likeness (QED) is 0.525. The van der Waals surface area contributed by atoms with Gasteiger partial charge in [0.15, 0.2) is 0 Å². The van der Waals surface area contributed by atoms with E-state index in [9.17, 15) is 17.6 Å². The first-order valence-electron chi connectivity index (χ1n) is 1.80. The molecule has 0 saturated carbocycles. The van der Waals surface area contributed by atoms with Crippen molar-refractivity contribution in [2.45, 2.75) is 12.3 Å². The molecule has 0 aromatic heterocycles. The van der Waals surface area contributed by atoms with Gasteiger partial charge in [-0.3, -0.25) is 0 Å². The summed E-state index contributed by atoms with van der Waals surface area (Å²) in [5.41, 5.74) is 0. The Morgan fingerprint density at radius 3 is 1.75 bits per heavy atom. The Labute approximate surface area is 42.9 Å². The van der Waals surface area contributed by atoms with E-state index in [-0.39, 0.29) is 0 Å². The summed E-state index contributed by atoms with van der Waals surface area (Å²) in [7, 11) is 0. The van der Waals surface area contributed by atoms with Crippen molar-refractivity contribution < 1.29 is 22.7 Å². The standard InChI is InChI=1S/C3H4F4O/c4-2(1-8)3(5,6)7/h2,8H,1H2/t2-/m0/s1. The molecule has 50 valence electrons. The highest BCUT2D eigenvalue weighted by atomic mass is 19.4. The van der Waals surface area contributed by atoms with Crippen molar-refractivity contribution in [1.82, 2.24) is 0 Å². The molecule has 0 aliphatic rings. The Hall–Kier alpha value is -0.320. The zero-order valence-electron chi connectivity index (χ0n) is 3.74. The molecule has 0 bridgehead atoms. The van der Waals surface area contributed by atoms with E-state index >= 15 is 0 Å². The summed E-state index contributed by atoms with van der Waals surface area (Å²) in [6.07, 6.45) is -8.00. The van der Waals surface area contributed by atoms with E-state index in [2.05, 4.69) is 0 Å². The van der Waals surface area contributed by atoms with Crippen LogP contribution in [0, 0.1) is 0 Å². The molecule has 0 aromatic rings. The highest BCUT2D eigenvalue weighted by Gasteiger charge is 2.39. The van der Waals surface area contributed by atoms with Crippen LogP contribution in [0.4, 0.5) is 17.6 Å². The molecule has 0 amide bonds. The van der Waals surface area contributed by atoms with Crippen LogP contribution >= 0.6 is 0 Å². The van der Waals surface area contributed by atoms with Gasteiger partial charge in [-0.05, 0) is 0 Å². The molecule has 0 rings (SSSR count). The second-order valence-electron chi connectivity index (χ2n) is 1.19. The lowest BCUT2D eigenvalue weighted by Crippen LogP contribution is -2.27. The van der Waals surface area contributed by atoms with Gasteiger partial charge in [-0.2, -0.15) is 13.2 Å². The van der Waals surface area contributed by atoms with Crippen LogP contribution in [-0.2, 0) is 0 Å². The molecule has 0 radical (unpaired) electrons. The molecule has 0 spiro atoms. The Balaban J connectivity index is 3.62. The van der Waals surface area contributed by atoms with Crippen LogP contribution < -0.4 is 0 Å². The predicted molar refractivity (Wildman–Crippen MR) is 18.0 cm³/mol. The van der Waals surface area contributed by atoms with E-state index in [0.29, 0.717) is 0 Å². The molecular weight excluding hydrogens is 128 g/mol. The highest BCUT2D eigenvalue weighted by Crippen LogP contribution is 2.21. The molecule has 1 atom stereocenters. The summed E-state index contributed by atoms with van der Waals surface area (Å²) in [6, 6.07) is 0. The Morgan fingerprint density at radius 1 is 1.38 bits per heavy atom. The van der Waals surface area contributed by atoms with Crippen molar-refractivity contribution in [3.05, 3.63) is 0 Å². The molecule has 0 aliphatic heterocycles. The first-order valence-corrected chi connectivity index (χ1v) is 1.80. The maximum Gasteiger partial charge on any atom is 0.421 e. The normalized spacial score (nSPS) is 16.1. The van der Waals surface area contributed by atoms with Gasteiger partial charge in [-0.15, -0.1) is 0 Å². The van der Waals surface area contributed by atoms with Gasteiger partial charge in [0.1, 0.15) is 0 Å². The van der Waals surface area contributed by atoms with Crippen LogP contribution in [-0.4, -0.2) is 24.1 Å². The molecule has 0 fully saturated rings. The average Bonchev–Trinajstić information content (AvgIpc) is 1.62. The van der Waals surface area contributed by atoms with Crippen LogP contribution in [0.25, 0.3) is 0 Å². The molecule has 5 heteroatoms. The average molecular weight is 132 g/mol. The van der Waals surface area contributed by atoms with Crippen molar-refractivity contribution in [3.63, 3.8) is 0 Å². The highest BCUT2D eigenvalue weighted by molar-refractivity contribution is 4.62. The van der Waals surface area contributed by atoms with Gasteiger partial charge in [0, 0.05) is 0 Å². The minimum atomic E-state index is -4.91. The van der Waals surface area contributed by atoms with Crippen LogP contribution in [0.5, 0.6) is 0 Å². The maximum atomic E-state index is 11.3. The summed E-state index contributed by atoms with van der Waals surface area (Å²) in [6.45, 7) is -1.50. The van der Waals surface area contributed by atoms with Gasteiger partial charge in [0.2, 0.25) is 6.17 Å². The fraction of sp³-hybridized carbons (Fsp3) is 1.00. The number of rotatable bonds is 1. The third-order valence-electron chi connectivity index (χ3n) is 0.515. The number of aliphatic hydroxyl groups excluding tert-OH is 1. The van der Waals surface area contributed by atoms with E-state index in [1.165, 1.54) is 0 Å². The molecule has 0 aliphatic carbocycles. The van der Waals surface area contributed by atoms with Crippen molar-refractivity contribution in [2.24, 2.45) is 0 Å². The van der Waals surface area contributed by atoms with Crippen molar-refractivity contribution in [1.29, 1.82) is 0 Å². The smallest absolute Gasteiger partial charge is 0.393 e. The largest absolute Gasteiger partial charge is 0.421 e.